The van der Waals surface area contributed by atoms with E-state index in [0.717, 1.165) is 11.8 Å². The molecule has 108 valence electrons. The standard InChI is InChI=1S/C14H25N3OS/c1-14(2,3)15-13(19)17-16-12(18)8-11-7-9-4-5-10(11)6-9/h9-11H,4-8H2,1-3H3,(H,16,18)(H2,15,17,19). The van der Waals surface area contributed by atoms with Crippen molar-refractivity contribution < 1.29 is 4.79 Å². The molecular weight excluding hydrogens is 258 g/mol. The number of fused-ring (bicyclic) bond motifs is 2. The van der Waals surface area contributed by atoms with E-state index in [0.29, 0.717) is 17.5 Å². The maximum Gasteiger partial charge on any atom is 0.238 e. The van der Waals surface area contributed by atoms with Crippen LogP contribution in [-0.2, 0) is 4.79 Å². The fourth-order valence-corrected chi connectivity index (χ4v) is 3.77. The third kappa shape index (κ3) is 4.34. The van der Waals surface area contributed by atoms with Gasteiger partial charge in [0.15, 0.2) is 5.11 Å². The van der Waals surface area contributed by atoms with Crippen LogP contribution in [0.25, 0.3) is 0 Å². The van der Waals surface area contributed by atoms with Crippen molar-refractivity contribution in [3.63, 3.8) is 0 Å². The Bertz CT molecular complexity index is 364. The quantitative estimate of drug-likeness (QED) is 0.537. The maximum atomic E-state index is 11.9. The first-order chi connectivity index (χ1) is 8.83. The van der Waals surface area contributed by atoms with E-state index in [2.05, 4.69) is 16.2 Å². The molecule has 3 atom stereocenters. The zero-order chi connectivity index (χ0) is 14.0. The van der Waals surface area contributed by atoms with Gasteiger partial charge in [0.25, 0.3) is 0 Å². The average Bonchev–Trinajstić information content (AvgIpc) is 2.85. The topological polar surface area (TPSA) is 53.2 Å². The van der Waals surface area contributed by atoms with E-state index in [1.54, 1.807) is 0 Å². The van der Waals surface area contributed by atoms with Crippen molar-refractivity contribution in [2.45, 2.75) is 58.4 Å². The number of hydrogen-bond donors (Lipinski definition) is 3. The number of thiocarbonyl (C=S) groups is 1. The molecule has 3 N–H and O–H groups in total. The number of hydrogen-bond acceptors (Lipinski definition) is 2. The molecule has 0 aromatic heterocycles. The predicted molar refractivity (Wildman–Crippen MR) is 80.3 cm³/mol. The molecule has 5 heteroatoms. The fraction of sp³-hybridized carbons (Fsp3) is 0.857. The molecule has 3 unspecified atom stereocenters. The summed E-state index contributed by atoms with van der Waals surface area (Å²) in [6, 6.07) is 0. The van der Waals surface area contributed by atoms with Crippen LogP contribution in [0.1, 0.15) is 52.9 Å². The summed E-state index contributed by atoms with van der Waals surface area (Å²) in [4.78, 5) is 11.9. The average molecular weight is 283 g/mol. The SMILES string of the molecule is CC(C)(C)NC(=S)NNC(=O)CC1CC2CCC1C2. The Balaban J connectivity index is 1.66. The van der Waals surface area contributed by atoms with Gasteiger partial charge in [0, 0.05) is 12.0 Å². The summed E-state index contributed by atoms with van der Waals surface area (Å²) in [5, 5.41) is 3.57. The van der Waals surface area contributed by atoms with Crippen molar-refractivity contribution in [2.75, 3.05) is 0 Å². The van der Waals surface area contributed by atoms with E-state index < -0.39 is 0 Å². The van der Waals surface area contributed by atoms with E-state index in [9.17, 15) is 4.79 Å². The second-order valence-electron chi connectivity index (χ2n) is 7.02. The molecular formula is C14H25N3OS. The number of nitrogens with one attached hydrogen (secondary N) is 3. The van der Waals surface area contributed by atoms with E-state index in [4.69, 9.17) is 12.2 Å². The maximum absolute atomic E-state index is 11.9. The van der Waals surface area contributed by atoms with Crippen molar-refractivity contribution in [3.8, 4) is 0 Å². The highest BCUT2D eigenvalue weighted by Gasteiger charge is 2.40. The molecule has 0 heterocycles. The van der Waals surface area contributed by atoms with Crippen LogP contribution in [0.4, 0.5) is 0 Å². The Kier molecular flexibility index (Phi) is 4.33. The first-order valence-electron chi connectivity index (χ1n) is 7.20. The van der Waals surface area contributed by atoms with Crippen molar-refractivity contribution >= 4 is 23.2 Å². The van der Waals surface area contributed by atoms with Crippen molar-refractivity contribution in [2.24, 2.45) is 17.8 Å². The van der Waals surface area contributed by atoms with Gasteiger partial charge in [0.2, 0.25) is 5.91 Å². The summed E-state index contributed by atoms with van der Waals surface area (Å²) in [5.74, 6) is 2.31. The lowest BCUT2D eigenvalue weighted by Gasteiger charge is -2.24. The lowest BCUT2D eigenvalue weighted by molar-refractivity contribution is -0.123. The van der Waals surface area contributed by atoms with Crippen LogP contribution >= 0.6 is 12.2 Å². The van der Waals surface area contributed by atoms with Gasteiger partial charge < -0.3 is 5.32 Å². The van der Waals surface area contributed by atoms with Gasteiger partial charge in [0.05, 0.1) is 0 Å². The molecule has 1 amide bonds. The lowest BCUT2D eigenvalue weighted by atomic mass is 9.86. The molecule has 0 aromatic rings. The van der Waals surface area contributed by atoms with Crippen molar-refractivity contribution in [1.29, 1.82) is 0 Å². The zero-order valence-electron chi connectivity index (χ0n) is 12.1. The van der Waals surface area contributed by atoms with Crippen LogP contribution in [0.15, 0.2) is 0 Å². The van der Waals surface area contributed by atoms with Gasteiger partial charge in [-0.3, -0.25) is 15.6 Å². The number of amides is 1. The molecule has 0 saturated heterocycles. The smallest absolute Gasteiger partial charge is 0.238 e. The molecule has 2 fully saturated rings. The Morgan fingerprint density at radius 1 is 1.21 bits per heavy atom. The normalized spacial score (nSPS) is 29.1. The molecule has 19 heavy (non-hydrogen) atoms. The molecule has 2 rings (SSSR count). The van der Waals surface area contributed by atoms with E-state index in [1.165, 1.54) is 25.7 Å². The number of carbonyl (C=O) groups excluding carboxylic acids is 1. The third-order valence-corrected chi connectivity index (χ3v) is 4.34. The minimum Gasteiger partial charge on any atom is -0.357 e. The Labute approximate surface area is 121 Å². The van der Waals surface area contributed by atoms with Crippen LogP contribution < -0.4 is 16.2 Å². The highest BCUT2D eigenvalue weighted by atomic mass is 32.1. The van der Waals surface area contributed by atoms with Crippen molar-refractivity contribution in [3.05, 3.63) is 0 Å². The first kappa shape index (κ1) is 14.6. The second kappa shape index (κ2) is 5.65. The molecule has 2 aliphatic rings. The summed E-state index contributed by atoms with van der Waals surface area (Å²) >= 11 is 5.12. The molecule has 0 radical (unpaired) electrons. The van der Waals surface area contributed by atoms with Crippen LogP contribution in [0, 0.1) is 17.8 Å². The summed E-state index contributed by atoms with van der Waals surface area (Å²) in [5.41, 5.74) is 5.38. The molecule has 4 nitrogen and oxygen atoms in total. The lowest BCUT2D eigenvalue weighted by Crippen LogP contribution is -2.52. The van der Waals surface area contributed by atoms with Gasteiger partial charge in [-0.25, -0.2) is 0 Å². The minimum atomic E-state index is -0.0978. The number of rotatable bonds is 2. The van der Waals surface area contributed by atoms with Crippen molar-refractivity contribution in [1.82, 2.24) is 16.2 Å². The highest BCUT2D eigenvalue weighted by Crippen LogP contribution is 2.49. The van der Waals surface area contributed by atoms with E-state index in [1.807, 2.05) is 20.8 Å². The molecule has 2 aliphatic carbocycles. The molecule has 2 saturated carbocycles. The number of carbonyl (C=O) groups is 1. The zero-order valence-corrected chi connectivity index (χ0v) is 12.9. The van der Waals surface area contributed by atoms with Gasteiger partial charge in [-0.05, 0) is 70.0 Å². The number of hydrazine groups is 1. The molecule has 2 bridgehead atoms. The first-order valence-corrected chi connectivity index (χ1v) is 7.61. The largest absolute Gasteiger partial charge is 0.357 e. The van der Waals surface area contributed by atoms with Crippen LogP contribution in [0.5, 0.6) is 0 Å². The van der Waals surface area contributed by atoms with Gasteiger partial charge in [-0.1, -0.05) is 6.42 Å². The van der Waals surface area contributed by atoms with Gasteiger partial charge in [-0.15, -0.1) is 0 Å². The minimum absolute atomic E-state index is 0.0515. The summed E-state index contributed by atoms with van der Waals surface area (Å²) in [6.45, 7) is 6.08. The summed E-state index contributed by atoms with van der Waals surface area (Å²) < 4.78 is 0. The Hall–Kier alpha value is -0.840. The molecule has 0 aromatic carbocycles. The van der Waals surface area contributed by atoms with Crippen LogP contribution in [-0.4, -0.2) is 16.6 Å². The second-order valence-corrected chi connectivity index (χ2v) is 7.42. The van der Waals surface area contributed by atoms with Crippen LogP contribution in [0.3, 0.4) is 0 Å². The highest BCUT2D eigenvalue weighted by molar-refractivity contribution is 7.80. The Morgan fingerprint density at radius 2 is 1.95 bits per heavy atom. The van der Waals surface area contributed by atoms with E-state index >= 15 is 0 Å². The summed E-state index contributed by atoms with van der Waals surface area (Å²) in [7, 11) is 0. The predicted octanol–water partition coefficient (Wildman–Crippen LogP) is 2.11. The Morgan fingerprint density at radius 3 is 2.47 bits per heavy atom. The monoisotopic (exact) mass is 283 g/mol. The molecule has 0 aliphatic heterocycles. The van der Waals surface area contributed by atoms with Gasteiger partial charge in [0.1, 0.15) is 0 Å². The summed E-state index contributed by atoms with van der Waals surface area (Å²) in [6.07, 6.45) is 5.91. The fourth-order valence-electron chi connectivity index (χ4n) is 3.41. The van der Waals surface area contributed by atoms with Crippen LogP contribution in [0.2, 0.25) is 0 Å². The van der Waals surface area contributed by atoms with Gasteiger partial charge in [-0.2, -0.15) is 0 Å². The molecule has 0 spiro atoms. The van der Waals surface area contributed by atoms with Gasteiger partial charge >= 0.3 is 0 Å². The third-order valence-electron chi connectivity index (χ3n) is 4.14. The van der Waals surface area contributed by atoms with E-state index in [-0.39, 0.29) is 11.4 Å².